The van der Waals surface area contributed by atoms with Gasteiger partial charge in [-0.2, -0.15) is 0 Å². The van der Waals surface area contributed by atoms with Crippen LogP contribution in [-0.2, 0) is 42.6 Å². The van der Waals surface area contributed by atoms with E-state index in [9.17, 15) is 0 Å². The van der Waals surface area contributed by atoms with Gasteiger partial charge in [0.2, 0.25) is 0 Å². The largest absolute Gasteiger partial charge is 1.00 e. The first kappa shape index (κ1) is 22.5. The maximum Gasteiger partial charge on any atom is 1.00 e. The summed E-state index contributed by atoms with van der Waals surface area (Å²) in [5.41, 5.74) is 0. The van der Waals surface area contributed by atoms with Crippen LogP contribution in [0.5, 0.6) is 0 Å². The van der Waals surface area contributed by atoms with E-state index in [1.807, 2.05) is 0 Å². The Morgan fingerprint density at radius 2 is 0.900 bits per heavy atom. The van der Waals surface area contributed by atoms with Gasteiger partial charge in [0.05, 0.1) is 0 Å². The first-order valence-corrected chi connectivity index (χ1v) is 1.82. The van der Waals surface area contributed by atoms with E-state index >= 15 is 0 Å². The van der Waals surface area contributed by atoms with Crippen LogP contribution >= 0.6 is 0 Å². The maximum atomic E-state index is 8.89. The second-order valence-electron chi connectivity index (χ2n) is 0.983. The molecule has 0 N–H and O–H groups in total. The summed E-state index contributed by atoms with van der Waals surface area (Å²) in [5, 5.41) is 17.8. The number of carbonyl (C=O) groups is 2. The standard InChI is InChI=1S/2C2H4O2.2Ni/c2*1-2(3)4;;/h2*1H3,(H,3,4);;/q;;2*+1/p-2. The van der Waals surface area contributed by atoms with Crippen molar-refractivity contribution in [3.05, 3.63) is 0 Å². The minimum atomic E-state index is -1.08. The summed E-state index contributed by atoms with van der Waals surface area (Å²) in [7, 11) is 0. The first-order chi connectivity index (χ1) is 3.46. The number of carbonyl (C=O) groups excluding carboxylic acids is 2. The third-order valence-corrected chi connectivity index (χ3v) is 0. The van der Waals surface area contributed by atoms with E-state index in [1.165, 1.54) is 0 Å². The second-order valence-corrected chi connectivity index (χ2v) is 0.983. The SMILES string of the molecule is CC(=O)[O-].CC(=O)[O-].[Ni+].[Ni+]. The van der Waals surface area contributed by atoms with Gasteiger partial charge in [-0.15, -0.1) is 0 Å². The molecule has 2 radical (unpaired) electrons. The fraction of sp³-hybridized carbons (Fsp3) is 0.500. The van der Waals surface area contributed by atoms with E-state index in [0.717, 1.165) is 13.8 Å². The molecule has 0 aliphatic rings. The summed E-state index contributed by atoms with van der Waals surface area (Å²) in [6.07, 6.45) is 0. The number of aliphatic carboxylic acids is 2. The molecule has 0 aliphatic carbocycles. The van der Waals surface area contributed by atoms with Crippen LogP contribution in [0.2, 0.25) is 0 Å². The van der Waals surface area contributed by atoms with E-state index in [0.29, 0.717) is 0 Å². The van der Waals surface area contributed by atoms with Gasteiger partial charge in [0.15, 0.2) is 0 Å². The Morgan fingerprint density at radius 1 is 0.900 bits per heavy atom. The molecule has 0 saturated heterocycles. The van der Waals surface area contributed by atoms with Gasteiger partial charge in [-0.3, -0.25) is 0 Å². The predicted octanol–water partition coefficient (Wildman–Crippen LogP) is -2.49. The van der Waals surface area contributed by atoms with Crippen LogP contribution in [0, 0.1) is 0 Å². The zero-order valence-electron chi connectivity index (χ0n) is 5.27. The second kappa shape index (κ2) is 16.0. The molecule has 0 unspecified atom stereocenters. The van der Waals surface area contributed by atoms with Gasteiger partial charge in [0.1, 0.15) is 0 Å². The van der Waals surface area contributed by atoms with Crippen molar-refractivity contribution < 1.29 is 52.8 Å². The van der Waals surface area contributed by atoms with Crippen LogP contribution in [-0.4, -0.2) is 11.9 Å². The number of hydrogen-bond donors (Lipinski definition) is 0. The molecule has 0 amide bonds. The molecule has 0 spiro atoms. The average molecular weight is 235 g/mol. The first-order valence-electron chi connectivity index (χ1n) is 1.82. The van der Waals surface area contributed by atoms with Gasteiger partial charge in [0.25, 0.3) is 0 Å². The van der Waals surface area contributed by atoms with Crippen molar-refractivity contribution in [3.63, 3.8) is 0 Å². The van der Waals surface area contributed by atoms with Crippen LogP contribution in [0.1, 0.15) is 13.8 Å². The maximum absolute atomic E-state index is 8.89. The van der Waals surface area contributed by atoms with E-state index < -0.39 is 11.9 Å². The van der Waals surface area contributed by atoms with Gasteiger partial charge < -0.3 is 19.8 Å². The molecule has 6 heteroatoms. The smallest absolute Gasteiger partial charge is 0.550 e. The van der Waals surface area contributed by atoms with Crippen molar-refractivity contribution in [1.29, 1.82) is 0 Å². The molecule has 0 saturated carbocycles. The molecular formula is C4H6Ni2O4. The Balaban J connectivity index is -0.0000000300. The van der Waals surface area contributed by atoms with Crippen molar-refractivity contribution in [1.82, 2.24) is 0 Å². The third-order valence-electron chi connectivity index (χ3n) is 0. The Hall–Kier alpha value is -0.0730. The van der Waals surface area contributed by atoms with Gasteiger partial charge in [-0.1, -0.05) is 0 Å². The van der Waals surface area contributed by atoms with Crippen LogP contribution in [0.25, 0.3) is 0 Å². The van der Waals surface area contributed by atoms with Crippen molar-refractivity contribution >= 4 is 11.9 Å². The molecule has 0 fully saturated rings. The molecule has 10 heavy (non-hydrogen) atoms. The zero-order valence-corrected chi connectivity index (χ0v) is 7.24. The number of carboxylic acids is 2. The van der Waals surface area contributed by atoms with E-state index in [2.05, 4.69) is 0 Å². The predicted molar refractivity (Wildman–Crippen MR) is 21.4 cm³/mol. The van der Waals surface area contributed by atoms with E-state index in [-0.39, 0.29) is 33.0 Å². The molecule has 0 aromatic rings. The fourth-order valence-corrected chi connectivity index (χ4v) is 0. The van der Waals surface area contributed by atoms with Crippen molar-refractivity contribution in [2.24, 2.45) is 0 Å². The minimum absolute atomic E-state index is 0. The van der Waals surface area contributed by atoms with Crippen molar-refractivity contribution in [2.75, 3.05) is 0 Å². The number of hydrogen-bond acceptors (Lipinski definition) is 4. The third kappa shape index (κ3) is 71400. The summed E-state index contributed by atoms with van der Waals surface area (Å²) in [5.74, 6) is -2.17. The fourth-order valence-electron chi connectivity index (χ4n) is 0. The summed E-state index contributed by atoms with van der Waals surface area (Å²) < 4.78 is 0. The molecule has 0 heterocycles. The van der Waals surface area contributed by atoms with Crippen LogP contribution < -0.4 is 10.2 Å². The monoisotopic (exact) mass is 234 g/mol. The molecule has 0 bridgehead atoms. The zero-order chi connectivity index (χ0) is 7.15. The molecular weight excluding hydrogens is 229 g/mol. The topological polar surface area (TPSA) is 80.3 Å². The summed E-state index contributed by atoms with van der Waals surface area (Å²) >= 11 is 0. The molecule has 4 nitrogen and oxygen atoms in total. The number of carboxylic acid groups (broad SMARTS) is 2. The normalized spacial score (nSPS) is 5.00. The quantitative estimate of drug-likeness (QED) is 0.435. The molecule has 0 aliphatic heterocycles. The van der Waals surface area contributed by atoms with Gasteiger partial charge in [-0.25, -0.2) is 0 Å². The van der Waals surface area contributed by atoms with Crippen molar-refractivity contribution in [2.45, 2.75) is 13.8 Å². The Morgan fingerprint density at radius 3 is 0.900 bits per heavy atom. The molecule has 0 aromatic carbocycles. The summed E-state index contributed by atoms with van der Waals surface area (Å²) in [6, 6.07) is 0. The van der Waals surface area contributed by atoms with Crippen LogP contribution in [0.3, 0.4) is 0 Å². The summed E-state index contributed by atoms with van der Waals surface area (Å²) in [4.78, 5) is 17.8. The van der Waals surface area contributed by atoms with Crippen molar-refractivity contribution in [3.8, 4) is 0 Å². The molecule has 66 valence electrons. The summed E-state index contributed by atoms with van der Waals surface area (Å²) in [6.45, 7) is 1.94. The molecule has 0 aromatic heterocycles. The number of rotatable bonds is 0. The van der Waals surface area contributed by atoms with Gasteiger partial charge in [-0.05, 0) is 13.8 Å². The van der Waals surface area contributed by atoms with E-state index in [4.69, 9.17) is 19.8 Å². The minimum Gasteiger partial charge on any atom is -0.550 e. The van der Waals surface area contributed by atoms with Crippen LogP contribution in [0.15, 0.2) is 0 Å². The Bertz CT molecular complexity index is 73.3. The molecule has 0 atom stereocenters. The Kier molecular flexibility index (Phi) is 36.0. The Labute approximate surface area is 78.8 Å². The average Bonchev–Trinajstić information content (AvgIpc) is 1.25. The van der Waals surface area contributed by atoms with E-state index in [1.54, 1.807) is 0 Å². The van der Waals surface area contributed by atoms with Gasteiger partial charge in [0, 0.05) is 11.9 Å². The molecule has 0 rings (SSSR count). The van der Waals surface area contributed by atoms with Crippen LogP contribution in [0.4, 0.5) is 0 Å². The van der Waals surface area contributed by atoms with Gasteiger partial charge >= 0.3 is 33.0 Å².